The molecule has 3 aromatic rings. The topological polar surface area (TPSA) is 68.0 Å². The van der Waals surface area contributed by atoms with Crippen molar-refractivity contribution in [2.24, 2.45) is 0 Å². The number of carboxylic acids is 1. The van der Waals surface area contributed by atoms with Crippen LogP contribution < -0.4 is 0 Å². The van der Waals surface area contributed by atoms with E-state index in [9.17, 15) is 9.90 Å². The van der Waals surface area contributed by atoms with Crippen LogP contribution in [0, 0.1) is 0 Å². The van der Waals surface area contributed by atoms with Gasteiger partial charge in [0.25, 0.3) is 0 Å². The maximum absolute atomic E-state index is 12.3. The molecule has 0 saturated heterocycles. The lowest BCUT2D eigenvalue weighted by Crippen LogP contribution is -2.41. The molecule has 0 aliphatic rings. The molecule has 0 aliphatic heterocycles. The first-order valence-electron chi connectivity index (χ1n) is 6.90. The van der Waals surface area contributed by atoms with Gasteiger partial charge in [-0.3, -0.25) is 9.48 Å². The van der Waals surface area contributed by atoms with Crippen molar-refractivity contribution in [2.45, 2.75) is 12.0 Å². The number of carboxylic acid groups (broad SMARTS) is 1. The van der Waals surface area contributed by atoms with E-state index in [0.29, 0.717) is 11.1 Å². The zero-order chi connectivity index (χ0) is 15.4. The van der Waals surface area contributed by atoms with Crippen LogP contribution in [0.2, 0.25) is 0 Å². The van der Waals surface area contributed by atoms with Crippen LogP contribution in [0.5, 0.6) is 0 Å². The summed E-state index contributed by atoms with van der Waals surface area (Å²) in [5.74, 6) is -0.916. The number of carbonyl (C=O) groups is 1. The molecule has 0 aliphatic carbocycles. The second kappa shape index (κ2) is 5.81. The Labute approximate surface area is 127 Å². The van der Waals surface area contributed by atoms with Crippen molar-refractivity contribution in [3.8, 4) is 0 Å². The van der Waals surface area contributed by atoms with Gasteiger partial charge in [-0.1, -0.05) is 60.7 Å². The first-order valence-corrected chi connectivity index (χ1v) is 6.90. The van der Waals surface area contributed by atoms with E-state index in [1.807, 2.05) is 60.7 Å². The van der Waals surface area contributed by atoms with Crippen molar-refractivity contribution >= 4 is 5.97 Å². The molecule has 0 amide bonds. The lowest BCUT2D eigenvalue weighted by molar-refractivity contribution is -0.142. The standard InChI is InChI=1S/C17H15N3O2/c21-16(22)17(11-20-13-18-12-19-20,14-7-3-1-4-8-14)15-9-5-2-6-10-15/h1-10,12-13H,11H2,(H,21,22). The van der Waals surface area contributed by atoms with Gasteiger partial charge < -0.3 is 5.11 Å². The average molecular weight is 293 g/mol. The number of nitrogens with zero attached hydrogens (tertiary/aromatic N) is 3. The van der Waals surface area contributed by atoms with Crippen molar-refractivity contribution in [3.63, 3.8) is 0 Å². The van der Waals surface area contributed by atoms with Crippen LogP contribution in [0.15, 0.2) is 73.3 Å². The van der Waals surface area contributed by atoms with Gasteiger partial charge in [-0.2, -0.15) is 5.10 Å². The summed E-state index contributed by atoms with van der Waals surface area (Å²) in [5, 5.41) is 14.1. The van der Waals surface area contributed by atoms with Gasteiger partial charge in [0.2, 0.25) is 0 Å². The minimum absolute atomic E-state index is 0.177. The summed E-state index contributed by atoms with van der Waals surface area (Å²) in [7, 11) is 0. The van der Waals surface area contributed by atoms with E-state index in [2.05, 4.69) is 10.1 Å². The van der Waals surface area contributed by atoms with Gasteiger partial charge in [-0.05, 0) is 11.1 Å². The highest BCUT2D eigenvalue weighted by atomic mass is 16.4. The van der Waals surface area contributed by atoms with Crippen molar-refractivity contribution in [3.05, 3.63) is 84.4 Å². The van der Waals surface area contributed by atoms with Crippen LogP contribution in [-0.4, -0.2) is 25.8 Å². The normalized spacial score (nSPS) is 11.3. The number of benzene rings is 2. The van der Waals surface area contributed by atoms with Gasteiger partial charge in [0, 0.05) is 0 Å². The molecule has 1 N–H and O–H groups in total. The van der Waals surface area contributed by atoms with Gasteiger partial charge in [0.15, 0.2) is 0 Å². The zero-order valence-electron chi connectivity index (χ0n) is 11.8. The highest BCUT2D eigenvalue weighted by Crippen LogP contribution is 2.34. The largest absolute Gasteiger partial charge is 0.480 e. The van der Waals surface area contributed by atoms with Crippen molar-refractivity contribution in [1.29, 1.82) is 0 Å². The van der Waals surface area contributed by atoms with Crippen molar-refractivity contribution < 1.29 is 9.90 Å². The second-order valence-electron chi connectivity index (χ2n) is 5.04. The fourth-order valence-corrected chi connectivity index (χ4v) is 2.67. The van der Waals surface area contributed by atoms with E-state index in [0.717, 1.165) is 0 Å². The molecule has 110 valence electrons. The molecule has 0 saturated carbocycles. The number of aromatic nitrogens is 3. The Balaban J connectivity index is 2.21. The summed E-state index contributed by atoms with van der Waals surface area (Å²) in [6, 6.07) is 18.4. The number of rotatable bonds is 5. The molecule has 22 heavy (non-hydrogen) atoms. The Hall–Kier alpha value is -2.95. The molecule has 0 radical (unpaired) electrons. The maximum Gasteiger partial charge on any atom is 0.320 e. The number of hydrogen-bond acceptors (Lipinski definition) is 3. The third kappa shape index (κ3) is 2.37. The fourth-order valence-electron chi connectivity index (χ4n) is 2.67. The Morgan fingerprint density at radius 1 is 1.00 bits per heavy atom. The fraction of sp³-hybridized carbons (Fsp3) is 0.118. The van der Waals surface area contributed by atoms with Gasteiger partial charge >= 0.3 is 5.97 Å². The summed E-state index contributed by atoms with van der Waals surface area (Å²) in [6.45, 7) is 0.177. The summed E-state index contributed by atoms with van der Waals surface area (Å²) < 4.78 is 1.55. The van der Waals surface area contributed by atoms with Crippen LogP contribution in [0.1, 0.15) is 11.1 Å². The molecule has 5 heteroatoms. The van der Waals surface area contributed by atoms with E-state index in [4.69, 9.17) is 0 Å². The molecule has 2 aromatic carbocycles. The molecule has 0 spiro atoms. The lowest BCUT2D eigenvalue weighted by atomic mass is 9.74. The molecular weight excluding hydrogens is 278 g/mol. The van der Waals surface area contributed by atoms with E-state index >= 15 is 0 Å². The molecule has 0 fully saturated rings. The van der Waals surface area contributed by atoms with E-state index in [1.165, 1.54) is 12.7 Å². The maximum atomic E-state index is 12.3. The molecule has 0 bridgehead atoms. The number of hydrogen-bond donors (Lipinski definition) is 1. The predicted molar refractivity (Wildman–Crippen MR) is 81.3 cm³/mol. The summed E-state index contributed by atoms with van der Waals surface area (Å²) in [5.41, 5.74) is 0.212. The third-order valence-corrected chi connectivity index (χ3v) is 3.76. The molecule has 5 nitrogen and oxygen atoms in total. The van der Waals surface area contributed by atoms with Crippen molar-refractivity contribution in [1.82, 2.24) is 14.8 Å². The second-order valence-corrected chi connectivity index (χ2v) is 5.04. The Kier molecular flexibility index (Phi) is 3.70. The smallest absolute Gasteiger partial charge is 0.320 e. The van der Waals surface area contributed by atoms with Gasteiger partial charge in [-0.25, -0.2) is 4.98 Å². The van der Waals surface area contributed by atoms with Crippen LogP contribution in [0.4, 0.5) is 0 Å². The van der Waals surface area contributed by atoms with Crippen molar-refractivity contribution in [2.75, 3.05) is 0 Å². The molecule has 0 atom stereocenters. The minimum atomic E-state index is -1.21. The van der Waals surface area contributed by atoms with Gasteiger partial charge in [0.05, 0.1) is 6.54 Å². The quantitative estimate of drug-likeness (QED) is 0.784. The Bertz CT molecular complexity index is 701. The third-order valence-electron chi connectivity index (χ3n) is 3.76. The Morgan fingerprint density at radius 3 is 1.95 bits per heavy atom. The van der Waals surface area contributed by atoms with Crippen LogP contribution in [0.25, 0.3) is 0 Å². The first-order chi connectivity index (χ1) is 10.7. The van der Waals surface area contributed by atoms with E-state index in [1.54, 1.807) is 4.68 Å². The summed E-state index contributed by atoms with van der Waals surface area (Å²) in [6.07, 6.45) is 2.94. The molecular formula is C17H15N3O2. The van der Waals surface area contributed by atoms with Crippen LogP contribution in [-0.2, 0) is 16.8 Å². The van der Waals surface area contributed by atoms with E-state index < -0.39 is 11.4 Å². The number of aliphatic carboxylic acids is 1. The SMILES string of the molecule is O=C(O)C(Cn1cncn1)(c1ccccc1)c1ccccc1. The summed E-state index contributed by atoms with van der Waals surface area (Å²) >= 11 is 0. The molecule has 0 unspecified atom stereocenters. The lowest BCUT2D eigenvalue weighted by Gasteiger charge is -2.30. The van der Waals surface area contributed by atoms with Crippen LogP contribution >= 0.6 is 0 Å². The minimum Gasteiger partial charge on any atom is -0.480 e. The van der Waals surface area contributed by atoms with Gasteiger partial charge in [0.1, 0.15) is 18.1 Å². The summed E-state index contributed by atoms with van der Waals surface area (Å²) in [4.78, 5) is 16.2. The van der Waals surface area contributed by atoms with E-state index in [-0.39, 0.29) is 6.54 Å². The molecule has 1 aromatic heterocycles. The monoisotopic (exact) mass is 293 g/mol. The highest BCUT2D eigenvalue weighted by Gasteiger charge is 2.43. The highest BCUT2D eigenvalue weighted by molar-refractivity contribution is 5.86. The average Bonchev–Trinajstić information content (AvgIpc) is 3.07. The first kappa shape index (κ1) is 14.0. The van der Waals surface area contributed by atoms with Crippen LogP contribution in [0.3, 0.4) is 0 Å². The zero-order valence-corrected chi connectivity index (χ0v) is 11.8. The predicted octanol–water partition coefficient (Wildman–Crippen LogP) is 2.35. The Morgan fingerprint density at radius 2 is 1.55 bits per heavy atom. The molecule has 1 heterocycles. The van der Waals surface area contributed by atoms with Gasteiger partial charge in [-0.15, -0.1) is 0 Å². The molecule has 3 rings (SSSR count).